The fourth-order valence-electron chi connectivity index (χ4n) is 3.81. The minimum Gasteiger partial charge on any atom is -0.462 e. The highest BCUT2D eigenvalue weighted by Crippen LogP contribution is 2.24. The number of thiazole rings is 1. The Labute approximate surface area is 187 Å². The van der Waals surface area contributed by atoms with Gasteiger partial charge in [-0.3, -0.25) is 4.79 Å². The number of rotatable bonds is 4. The summed E-state index contributed by atoms with van der Waals surface area (Å²) in [5.41, 5.74) is 5.07. The first kappa shape index (κ1) is 20.2. The zero-order chi connectivity index (χ0) is 22.4. The standard InChI is InChI=1S/C25H20N2O4S/c1-4-30-24(29)17-7-5-16(6-8-17)20-10-9-18(31-20)13-21-23(28)27-19-12-14(2)11-15(3)22(19)26-25(27)32-21/h5-13H,4H2,1-3H3/b21-13+. The van der Waals surface area contributed by atoms with Crippen molar-refractivity contribution in [3.8, 4) is 11.3 Å². The van der Waals surface area contributed by atoms with Gasteiger partial charge in [0.05, 0.1) is 23.2 Å². The van der Waals surface area contributed by atoms with Gasteiger partial charge in [-0.25, -0.2) is 14.2 Å². The van der Waals surface area contributed by atoms with Crippen molar-refractivity contribution in [3.63, 3.8) is 0 Å². The Balaban J connectivity index is 1.51. The Bertz CT molecular complexity index is 1590. The number of imidazole rings is 1. The molecule has 3 aromatic heterocycles. The summed E-state index contributed by atoms with van der Waals surface area (Å²) >= 11 is 1.35. The summed E-state index contributed by atoms with van der Waals surface area (Å²) in [6.45, 7) is 6.13. The average molecular weight is 445 g/mol. The van der Waals surface area contributed by atoms with Crippen LogP contribution in [0.4, 0.5) is 0 Å². The highest BCUT2D eigenvalue weighted by molar-refractivity contribution is 7.15. The van der Waals surface area contributed by atoms with E-state index in [2.05, 4.69) is 11.1 Å². The molecule has 0 saturated heterocycles. The molecule has 0 bridgehead atoms. The Kier molecular flexibility index (Phi) is 4.90. The molecule has 0 fully saturated rings. The third-order valence-corrected chi connectivity index (χ3v) is 6.23. The topological polar surface area (TPSA) is 73.8 Å². The molecule has 0 unspecified atom stereocenters. The van der Waals surface area contributed by atoms with E-state index in [4.69, 9.17) is 9.15 Å². The summed E-state index contributed by atoms with van der Waals surface area (Å²) in [6, 6.07) is 14.8. The Hall–Kier alpha value is -3.71. The van der Waals surface area contributed by atoms with Crippen LogP contribution in [0.2, 0.25) is 0 Å². The second-order valence-electron chi connectivity index (χ2n) is 7.59. The predicted molar refractivity (Wildman–Crippen MR) is 125 cm³/mol. The molecule has 2 aromatic carbocycles. The van der Waals surface area contributed by atoms with Gasteiger partial charge in [0.15, 0.2) is 4.96 Å². The summed E-state index contributed by atoms with van der Waals surface area (Å²) < 4.78 is 13.2. The number of carbonyl (C=O) groups is 1. The first-order valence-corrected chi connectivity index (χ1v) is 11.1. The van der Waals surface area contributed by atoms with Crippen LogP contribution >= 0.6 is 11.3 Å². The monoisotopic (exact) mass is 444 g/mol. The molecule has 5 aromatic rings. The van der Waals surface area contributed by atoms with E-state index < -0.39 is 0 Å². The molecule has 0 spiro atoms. The third kappa shape index (κ3) is 3.40. The van der Waals surface area contributed by atoms with Gasteiger partial charge in [0.2, 0.25) is 0 Å². The fraction of sp³-hybridized carbons (Fsp3) is 0.160. The number of carbonyl (C=O) groups excluding carboxylic acids is 1. The number of furan rings is 1. The van der Waals surface area contributed by atoms with Crippen molar-refractivity contribution in [3.05, 3.63) is 85.9 Å². The van der Waals surface area contributed by atoms with Crippen LogP contribution in [-0.4, -0.2) is 22.0 Å². The normalized spacial score (nSPS) is 12.2. The smallest absolute Gasteiger partial charge is 0.338 e. The summed E-state index contributed by atoms with van der Waals surface area (Å²) in [7, 11) is 0. The number of aromatic nitrogens is 2. The predicted octanol–water partition coefficient (Wildman–Crippen LogP) is 4.51. The zero-order valence-electron chi connectivity index (χ0n) is 17.8. The molecular weight excluding hydrogens is 424 g/mol. The molecule has 7 heteroatoms. The van der Waals surface area contributed by atoms with Crippen molar-refractivity contribution >= 4 is 39.4 Å². The Morgan fingerprint density at radius 1 is 1.16 bits per heavy atom. The molecule has 0 N–H and O–H groups in total. The molecule has 160 valence electrons. The molecule has 6 nitrogen and oxygen atoms in total. The van der Waals surface area contributed by atoms with Crippen LogP contribution in [-0.2, 0) is 4.74 Å². The van der Waals surface area contributed by atoms with Gasteiger partial charge < -0.3 is 9.15 Å². The lowest BCUT2D eigenvalue weighted by Crippen LogP contribution is -2.22. The van der Waals surface area contributed by atoms with Crippen LogP contribution in [0.15, 0.2) is 57.7 Å². The minimum absolute atomic E-state index is 0.103. The van der Waals surface area contributed by atoms with Gasteiger partial charge in [0.1, 0.15) is 16.1 Å². The molecule has 0 radical (unpaired) electrons. The maximum Gasteiger partial charge on any atom is 0.338 e. The molecule has 0 aliphatic rings. The maximum absolute atomic E-state index is 13.1. The zero-order valence-corrected chi connectivity index (χ0v) is 18.7. The summed E-state index contributed by atoms with van der Waals surface area (Å²) in [4.78, 5) is 30.2. The molecule has 0 atom stereocenters. The molecule has 0 aliphatic heterocycles. The lowest BCUT2D eigenvalue weighted by Gasteiger charge is -2.02. The number of fused-ring (bicyclic) bond motifs is 3. The molecule has 5 rings (SSSR count). The van der Waals surface area contributed by atoms with Crippen molar-refractivity contribution < 1.29 is 13.9 Å². The van der Waals surface area contributed by atoms with E-state index in [1.165, 1.54) is 11.3 Å². The van der Waals surface area contributed by atoms with Crippen molar-refractivity contribution in [1.29, 1.82) is 0 Å². The molecule has 0 aliphatic carbocycles. The van der Waals surface area contributed by atoms with Crippen LogP contribution in [0.5, 0.6) is 0 Å². The van der Waals surface area contributed by atoms with E-state index in [1.807, 2.05) is 44.2 Å². The van der Waals surface area contributed by atoms with Gasteiger partial charge in [-0.2, -0.15) is 0 Å². The van der Waals surface area contributed by atoms with E-state index in [0.29, 0.717) is 33.2 Å². The molecule has 0 amide bonds. The van der Waals surface area contributed by atoms with E-state index in [9.17, 15) is 9.59 Å². The number of nitrogens with zero attached hydrogens (tertiary/aromatic N) is 2. The van der Waals surface area contributed by atoms with Crippen molar-refractivity contribution in [2.24, 2.45) is 0 Å². The maximum atomic E-state index is 13.1. The van der Waals surface area contributed by atoms with E-state index in [0.717, 1.165) is 27.7 Å². The van der Waals surface area contributed by atoms with E-state index in [1.54, 1.807) is 29.5 Å². The van der Waals surface area contributed by atoms with Crippen LogP contribution in [0.3, 0.4) is 0 Å². The second kappa shape index (κ2) is 7.76. The largest absolute Gasteiger partial charge is 0.462 e. The van der Waals surface area contributed by atoms with Crippen molar-refractivity contribution in [1.82, 2.24) is 9.38 Å². The minimum atomic E-state index is -0.351. The van der Waals surface area contributed by atoms with Gasteiger partial charge in [-0.15, -0.1) is 0 Å². The number of hydrogen-bond donors (Lipinski definition) is 0. The SMILES string of the molecule is CCOC(=O)c1ccc(-c2ccc(/C=c3/sc4nc5c(C)cc(C)cc5n4c3=O)o2)cc1. The molecular formula is C25H20N2O4S. The lowest BCUT2D eigenvalue weighted by atomic mass is 10.1. The first-order valence-electron chi connectivity index (χ1n) is 10.3. The molecule has 32 heavy (non-hydrogen) atoms. The molecule has 0 saturated carbocycles. The van der Waals surface area contributed by atoms with Crippen LogP contribution in [0.25, 0.3) is 33.4 Å². The lowest BCUT2D eigenvalue weighted by molar-refractivity contribution is 0.0526. The third-order valence-electron chi connectivity index (χ3n) is 5.26. The number of hydrogen-bond acceptors (Lipinski definition) is 6. The average Bonchev–Trinajstić information content (AvgIpc) is 3.45. The summed E-state index contributed by atoms with van der Waals surface area (Å²) in [5, 5.41) is 0. The van der Waals surface area contributed by atoms with Crippen molar-refractivity contribution in [2.75, 3.05) is 6.61 Å². The van der Waals surface area contributed by atoms with E-state index in [-0.39, 0.29) is 11.5 Å². The van der Waals surface area contributed by atoms with Gasteiger partial charge in [-0.05, 0) is 62.2 Å². The number of aryl methyl sites for hydroxylation is 2. The van der Waals surface area contributed by atoms with Crippen molar-refractivity contribution in [2.45, 2.75) is 20.8 Å². The Morgan fingerprint density at radius 3 is 2.69 bits per heavy atom. The van der Waals surface area contributed by atoms with Crippen LogP contribution < -0.4 is 10.1 Å². The Morgan fingerprint density at radius 2 is 1.94 bits per heavy atom. The van der Waals surface area contributed by atoms with Gasteiger partial charge in [0.25, 0.3) is 5.56 Å². The number of benzene rings is 2. The summed E-state index contributed by atoms with van der Waals surface area (Å²) in [6.07, 6.45) is 1.74. The van der Waals surface area contributed by atoms with Gasteiger partial charge in [-0.1, -0.05) is 29.5 Å². The number of esters is 1. The summed E-state index contributed by atoms with van der Waals surface area (Å²) in [5.74, 6) is 0.876. The van der Waals surface area contributed by atoms with Gasteiger partial charge in [0, 0.05) is 11.6 Å². The fourth-order valence-corrected chi connectivity index (χ4v) is 4.77. The van der Waals surface area contributed by atoms with Crippen LogP contribution in [0, 0.1) is 13.8 Å². The molecule has 3 heterocycles. The van der Waals surface area contributed by atoms with Crippen LogP contribution in [0.1, 0.15) is 34.2 Å². The highest BCUT2D eigenvalue weighted by atomic mass is 32.1. The quantitative estimate of drug-likeness (QED) is 0.381. The van der Waals surface area contributed by atoms with Gasteiger partial charge >= 0.3 is 5.97 Å². The van der Waals surface area contributed by atoms with E-state index >= 15 is 0 Å². The first-order chi connectivity index (χ1) is 15.4. The number of ether oxygens (including phenoxy) is 1. The second-order valence-corrected chi connectivity index (χ2v) is 8.60. The highest BCUT2D eigenvalue weighted by Gasteiger charge is 2.14.